The van der Waals surface area contributed by atoms with Crippen molar-refractivity contribution in [2.45, 2.75) is 161 Å². The second-order valence-electron chi connectivity index (χ2n) is 17.0. The van der Waals surface area contributed by atoms with E-state index in [2.05, 4.69) is 32.1 Å². The van der Waals surface area contributed by atoms with E-state index in [0.717, 1.165) is 30.3 Å². The standard InChI is InChI=1S/C47H68BrN2O19P3.2H3N/c1-3-5-7-8-9-10-11-12-13-14-15-16-17-18-30-61-47(55)66-40-26-22-37(23-27-40)34-64-72(60,63-33-36-20-24-39(25-21-36)65-44(52)19-6-4-2)69-71(58,59)68-70(56,57)62-35-42-41(51)31-43(67-42)50-32-38(28-29-48)45(53)49-46(50)54;;/h20-29,32,41-43,51H,3-19,30-31,33-35H2,1-2H3,(H,56,57)(H,58,59)(H,49,53,54);2*1H3/b29-28+;;/t41-,42+,43+,72?;;/m0../s1. The van der Waals surface area contributed by atoms with E-state index in [1.807, 2.05) is 6.92 Å². The van der Waals surface area contributed by atoms with Gasteiger partial charge in [-0.2, -0.15) is 8.62 Å². The molecule has 1 fully saturated rings. The molecule has 2 heterocycles. The van der Waals surface area contributed by atoms with E-state index in [0.29, 0.717) is 18.4 Å². The number of aliphatic hydroxyl groups excluding tert-OH is 1. The van der Waals surface area contributed by atoms with Crippen LogP contribution in [0.15, 0.2) is 69.3 Å². The van der Waals surface area contributed by atoms with Crippen LogP contribution >= 0.6 is 39.4 Å². The molecule has 1 aliphatic heterocycles. The number of H-pyrrole nitrogens is 1. The molecular formula is C47H74BrN4O19P3. The zero-order chi connectivity index (χ0) is 52.4. The fourth-order valence-corrected chi connectivity index (χ4v) is 11.5. The molecule has 1 saturated heterocycles. The van der Waals surface area contributed by atoms with Crippen LogP contribution in [-0.2, 0) is 63.4 Å². The number of carbonyl (C=O) groups is 2. The van der Waals surface area contributed by atoms with E-state index in [9.17, 15) is 47.8 Å². The van der Waals surface area contributed by atoms with Gasteiger partial charge in [-0.3, -0.25) is 32.7 Å². The van der Waals surface area contributed by atoms with Gasteiger partial charge in [0, 0.05) is 19.0 Å². The highest BCUT2D eigenvalue weighted by molar-refractivity contribution is 9.11. The lowest BCUT2D eigenvalue weighted by Gasteiger charge is -2.22. The second kappa shape index (κ2) is 34.9. The molecule has 74 heavy (non-hydrogen) atoms. The number of esters is 1. The Morgan fingerprint density at radius 2 is 1.24 bits per heavy atom. The van der Waals surface area contributed by atoms with Crippen LogP contribution in [0.2, 0.25) is 0 Å². The first-order chi connectivity index (χ1) is 34.4. The Bertz CT molecular complexity index is 2430. The Labute approximate surface area is 440 Å². The number of hydrogen-bond acceptors (Lipinski definition) is 19. The third-order valence-corrected chi connectivity index (χ3v) is 16.0. The second-order valence-corrected chi connectivity index (χ2v) is 22.4. The van der Waals surface area contributed by atoms with Crippen molar-refractivity contribution in [2.75, 3.05) is 13.2 Å². The number of hydrogen-bond donors (Lipinski definition) is 6. The van der Waals surface area contributed by atoms with Crippen LogP contribution in [0.5, 0.6) is 11.5 Å². The van der Waals surface area contributed by atoms with Crippen molar-refractivity contribution in [3.05, 3.63) is 97.2 Å². The molecule has 418 valence electrons. The van der Waals surface area contributed by atoms with Gasteiger partial charge in [0.2, 0.25) is 0 Å². The minimum absolute atomic E-state index is 0. The lowest BCUT2D eigenvalue weighted by Crippen LogP contribution is -2.33. The van der Waals surface area contributed by atoms with Crippen molar-refractivity contribution in [3.8, 4) is 11.5 Å². The van der Waals surface area contributed by atoms with Crippen molar-refractivity contribution in [1.82, 2.24) is 21.9 Å². The number of aromatic nitrogens is 2. The minimum atomic E-state index is -5.90. The quantitative estimate of drug-likeness (QED) is 0.0105. The number of benzene rings is 2. The van der Waals surface area contributed by atoms with E-state index in [1.54, 1.807) is 0 Å². The molecule has 23 nitrogen and oxygen atoms in total. The summed E-state index contributed by atoms with van der Waals surface area (Å²) >= 11 is 3.04. The summed E-state index contributed by atoms with van der Waals surface area (Å²) in [5.41, 5.74) is -0.931. The Morgan fingerprint density at radius 1 is 0.730 bits per heavy atom. The first-order valence-corrected chi connectivity index (χ1v) is 29.6. The number of nitrogens with zero attached hydrogens (tertiary/aromatic N) is 1. The van der Waals surface area contributed by atoms with Crippen molar-refractivity contribution in [3.63, 3.8) is 0 Å². The van der Waals surface area contributed by atoms with Crippen LogP contribution in [0, 0.1) is 0 Å². The van der Waals surface area contributed by atoms with Gasteiger partial charge in [0.05, 0.1) is 38.1 Å². The predicted molar refractivity (Wildman–Crippen MR) is 279 cm³/mol. The summed E-state index contributed by atoms with van der Waals surface area (Å²) in [7, 11) is -16.7. The Balaban J connectivity index is 0.00000937. The molecule has 1 aromatic heterocycles. The molecule has 4 rings (SSSR count). The van der Waals surface area contributed by atoms with Crippen molar-refractivity contribution in [2.24, 2.45) is 0 Å². The Kier molecular flexibility index (Phi) is 31.3. The number of aromatic amines is 1. The molecule has 0 spiro atoms. The first kappa shape index (κ1) is 66.4. The van der Waals surface area contributed by atoms with Crippen molar-refractivity contribution in [1.29, 1.82) is 0 Å². The zero-order valence-electron chi connectivity index (χ0n) is 42.1. The van der Waals surface area contributed by atoms with Crippen LogP contribution in [0.25, 0.3) is 6.08 Å². The summed E-state index contributed by atoms with van der Waals surface area (Å²) in [6.45, 7) is 2.23. The third kappa shape index (κ3) is 25.4. The number of phosphoric ester groups is 2. The number of rotatable bonds is 35. The largest absolute Gasteiger partial charge is 0.513 e. The number of phosphoric acid groups is 3. The molecule has 2 aromatic carbocycles. The number of aliphatic hydroxyl groups is 1. The van der Waals surface area contributed by atoms with Gasteiger partial charge >= 0.3 is 41.3 Å². The van der Waals surface area contributed by atoms with Crippen LogP contribution in [0.1, 0.15) is 152 Å². The molecule has 0 radical (unpaired) electrons. The summed E-state index contributed by atoms with van der Waals surface area (Å²) in [5, 5.41) is 10.6. The highest BCUT2D eigenvalue weighted by Gasteiger charge is 2.45. The summed E-state index contributed by atoms with van der Waals surface area (Å²) < 4.78 is 87.3. The number of nitrogens with one attached hydrogen (secondary N) is 1. The molecular weight excluding hydrogens is 1100 g/mol. The molecule has 0 bridgehead atoms. The molecule has 0 aliphatic carbocycles. The third-order valence-electron chi connectivity index (χ3n) is 11.1. The van der Waals surface area contributed by atoms with Crippen LogP contribution in [0.4, 0.5) is 4.79 Å². The van der Waals surface area contributed by atoms with Gasteiger partial charge in [-0.15, -0.1) is 0 Å². The van der Waals surface area contributed by atoms with E-state index < -0.39 is 85.1 Å². The molecule has 1 aliphatic rings. The predicted octanol–water partition coefficient (Wildman–Crippen LogP) is 11.8. The maximum atomic E-state index is 14.0. The van der Waals surface area contributed by atoms with Crippen LogP contribution in [-0.4, -0.2) is 62.0 Å². The van der Waals surface area contributed by atoms with Crippen LogP contribution in [0.3, 0.4) is 0 Å². The number of carbonyl (C=O) groups excluding carboxylic acids is 2. The van der Waals surface area contributed by atoms with E-state index in [4.69, 9.17) is 36.8 Å². The summed E-state index contributed by atoms with van der Waals surface area (Å²) in [5.74, 6) is -0.122. The average Bonchev–Trinajstić information content (AvgIpc) is 3.71. The summed E-state index contributed by atoms with van der Waals surface area (Å²) in [6.07, 6.45) is 15.8. The van der Waals surface area contributed by atoms with Gasteiger partial charge in [0.1, 0.15) is 23.8 Å². The Morgan fingerprint density at radius 3 is 1.77 bits per heavy atom. The number of unbranched alkanes of at least 4 members (excludes halogenated alkanes) is 14. The van der Waals surface area contributed by atoms with E-state index in [1.165, 1.54) is 130 Å². The zero-order valence-corrected chi connectivity index (χ0v) is 46.4. The van der Waals surface area contributed by atoms with Gasteiger partial charge < -0.3 is 46.1 Å². The molecule has 27 heteroatoms. The first-order valence-electron chi connectivity index (χ1n) is 24.2. The monoisotopic (exact) mass is 1170 g/mol. The lowest BCUT2D eigenvalue weighted by atomic mass is 10.0. The molecule has 3 aromatic rings. The van der Waals surface area contributed by atoms with Gasteiger partial charge in [0.15, 0.2) is 0 Å². The van der Waals surface area contributed by atoms with Gasteiger partial charge in [-0.1, -0.05) is 144 Å². The maximum absolute atomic E-state index is 14.0. The average molecular weight is 1170 g/mol. The van der Waals surface area contributed by atoms with E-state index in [-0.39, 0.29) is 54.4 Å². The number of ether oxygens (including phenoxy) is 4. The number of halogens is 1. The van der Waals surface area contributed by atoms with Crippen LogP contribution < -0.4 is 33.0 Å². The smallest absolute Gasteiger partial charge is 0.434 e. The van der Waals surface area contributed by atoms with Crippen molar-refractivity contribution < 1.29 is 79.3 Å². The normalized spacial score (nSPS) is 17.8. The SMILES string of the molecule is CCCCCCCCCCCCCCCCOC(=O)Oc1ccc(COP(=O)(OCc2ccc(OC(=O)CCCC)cc2)OP(=O)(O)OP(=O)(O)OC[C@H]2O[C@@H](n3cc(/C=C/Br)c(=O)[nH]c3=O)C[C@@H]2O)cc1.N.N. The van der Waals surface area contributed by atoms with Gasteiger partial charge in [-0.05, 0) is 59.3 Å². The molecule has 0 saturated carbocycles. The lowest BCUT2D eigenvalue weighted by molar-refractivity contribution is -0.134. The summed E-state index contributed by atoms with van der Waals surface area (Å²) in [4.78, 5) is 73.5. The van der Waals surface area contributed by atoms with Gasteiger partial charge in [-0.25, -0.2) is 23.3 Å². The molecule has 0 amide bonds. The molecule has 10 N–H and O–H groups in total. The van der Waals surface area contributed by atoms with E-state index >= 15 is 0 Å². The molecule has 3 unspecified atom stereocenters. The minimum Gasteiger partial charge on any atom is -0.434 e. The maximum Gasteiger partial charge on any atom is 0.513 e. The highest BCUT2D eigenvalue weighted by atomic mass is 79.9. The fraction of sp³-hybridized carbons (Fsp3) is 0.574. The van der Waals surface area contributed by atoms with Crippen molar-refractivity contribution >= 4 is 57.6 Å². The fourth-order valence-electron chi connectivity index (χ4n) is 7.18. The topological polar surface area (TPSA) is 354 Å². The molecule has 6 atom stereocenters. The Hall–Kier alpha value is -3.67. The van der Waals surface area contributed by atoms with Gasteiger partial charge in [0.25, 0.3) is 5.56 Å². The highest BCUT2D eigenvalue weighted by Crippen LogP contribution is 2.69. The summed E-state index contributed by atoms with van der Waals surface area (Å²) in [6, 6.07) is 11.4.